The fourth-order valence-corrected chi connectivity index (χ4v) is 3.84. The molecule has 3 aromatic carbocycles. The van der Waals surface area contributed by atoms with Gasteiger partial charge in [0.05, 0.1) is 5.56 Å². The number of nitrogens with one attached hydrogen (secondary N) is 2. The van der Waals surface area contributed by atoms with E-state index >= 15 is 0 Å². The number of carbonyl (C=O) groups excluding carboxylic acids is 3. The Labute approximate surface area is 211 Å². The number of carbonyl (C=O) groups is 3. The highest BCUT2D eigenvalue weighted by molar-refractivity contribution is 6.11. The van der Waals surface area contributed by atoms with Crippen LogP contribution < -0.4 is 10.6 Å². The minimum absolute atomic E-state index is 0.0501. The van der Waals surface area contributed by atoms with Crippen LogP contribution in [-0.2, 0) is 20.7 Å². The number of hydrogen-bond acceptors (Lipinski definition) is 5. The number of ether oxygens (including phenoxy) is 1. The molecular weight excluding hydrogens is 456 g/mol. The molecule has 0 fully saturated rings. The van der Waals surface area contributed by atoms with Crippen LogP contribution >= 0.6 is 0 Å². The SMILES string of the molecule is CCCc1ccc(C(=O)OC(CCC)C(C(=O)Nc2ccccc2)C(=O)Nc2ccc(O)cc2)cc1. The van der Waals surface area contributed by atoms with Crippen molar-refractivity contribution in [3.8, 4) is 5.75 Å². The molecule has 36 heavy (non-hydrogen) atoms. The fourth-order valence-electron chi connectivity index (χ4n) is 3.84. The normalized spacial score (nSPS) is 12.3. The summed E-state index contributed by atoms with van der Waals surface area (Å²) in [5.41, 5.74) is 2.41. The Kier molecular flexibility index (Phi) is 9.63. The Morgan fingerprint density at radius 2 is 1.36 bits per heavy atom. The van der Waals surface area contributed by atoms with E-state index in [9.17, 15) is 19.5 Å². The molecule has 7 nitrogen and oxygen atoms in total. The topological polar surface area (TPSA) is 105 Å². The van der Waals surface area contributed by atoms with E-state index in [4.69, 9.17) is 4.74 Å². The maximum absolute atomic E-state index is 13.4. The van der Waals surface area contributed by atoms with Crippen molar-refractivity contribution >= 4 is 29.2 Å². The molecule has 0 bridgehead atoms. The molecule has 2 unspecified atom stereocenters. The van der Waals surface area contributed by atoms with Crippen LogP contribution in [0.5, 0.6) is 5.75 Å². The smallest absolute Gasteiger partial charge is 0.338 e. The zero-order chi connectivity index (χ0) is 25.9. The van der Waals surface area contributed by atoms with Gasteiger partial charge >= 0.3 is 5.97 Å². The average molecular weight is 489 g/mol. The number of rotatable bonds is 11. The van der Waals surface area contributed by atoms with Crippen LogP contribution in [-0.4, -0.2) is 29.0 Å². The van der Waals surface area contributed by atoms with Crippen LogP contribution in [0.4, 0.5) is 11.4 Å². The van der Waals surface area contributed by atoms with E-state index in [0.29, 0.717) is 29.8 Å². The van der Waals surface area contributed by atoms with Crippen LogP contribution in [0.15, 0.2) is 78.9 Å². The van der Waals surface area contributed by atoms with Crippen LogP contribution in [0.1, 0.15) is 49.0 Å². The number of anilines is 2. The van der Waals surface area contributed by atoms with E-state index in [0.717, 1.165) is 18.4 Å². The molecule has 0 heterocycles. The Hall–Kier alpha value is -4.13. The maximum atomic E-state index is 13.4. The summed E-state index contributed by atoms with van der Waals surface area (Å²) >= 11 is 0. The van der Waals surface area contributed by atoms with Crippen LogP contribution in [0.25, 0.3) is 0 Å². The molecule has 3 N–H and O–H groups in total. The van der Waals surface area contributed by atoms with Gasteiger partial charge in [0.15, 0.2) is 5.92 Å². The summed E-state index contributed by atoms with van der Waals surface area (Å²) in [6.45, 7) is 3.98. The average Bonchev–Trinajstić information content (AvgIpc) is 2.87. The van der Waals surface area contributed by atoms with Crippen molar-refractivity contribution in [2.75, 3.05) is 10.6 Å². The third-order valence-electron chi connectivity index (χ3n) is 5.67. The first kappa shape index (κ1) is 26.5. The van der Waals surface area contributed by atoms with Crippen molar-refractivity contribution in [2.24, 2.45) is 5.92 Å². The summed E-state index contributed by atoms with van der Waals surface area (Å²) in [4.78, 5) is 39.7. The standard InChI is InChI=1S/C29H32N2O5/c1-3-8-20-12-14-21(15-13-20)29(35)36-25(9-4-2)26(27(33)30-22-10-6-5-7-11-22)28(34)31-23-16-18-24(32)19-17-23/h5-7,10-19,25-26,32H,3-4,8-9H2,1-2H3,(H,30,33)(H,31,34). The van der Waals surface area contributed by atoms with Gasteiger partial charge in [0.25, 0.3) is 0 Å². The van der Waals surface area contributed by atoms with Gasteiger partial charge < -0.3 is 20.5 Å². The van der Waals surface area contributed by atoms with Crippen molar-refractivity contribution in [2.45, 2.75) is 45.6 Å². The molecule has 2 atom stereocenters. The zero-order valence-electron chi connectivity index (χ0n) is 20.6. The van der Waals surface area contributed by atoms with E-state index in [1.807, 2.05) is 25.1 Å². The number of esters is 1. The number of aromatic hydroxyl groups is 1. The highest BCUT2D eigenvalue weighted by Crippen LogP contribution is 2.22. The summed E-state index contributed by atoms with van der Waals surface area (Å²) in [6, 6.07) is 21.9. The zero-order valence-corrected chi connectivity index (χ0v) is 20.6. The van der Waals surface area contributed by atoms with Crippen molar-refractivity contribution in [1.29, 1.82) is 0 Å². The number of phenolic OH excluding ortho intramolecular Hbond substituents is 1. The molecule has 188 valence electrons. The van der Waals surface area contributed by atoms with Gasteiger partial charge in [-0.2, -0.15) is 0 Å². The molecule has 3 aromatic rings. The third kappa shape index (κ3) is 7.43. The van der Waals surface area contributed by atoms with Gasteiger partial charge in [-0.05, 0) is 66.9 Å². The van der Waals surface area contributed by atoms with E-state index in [-0.39, 0.29) is 5.75 Å². The molecular formula is C29H32N2O5. The molecule has 7 heteroatoms. The molecule has 0 aliphatic carbocycles. The first-order chi connectivity index (χ1) is 17.4. The lowest BCUT2D eigenvalue weighted by Gasteiger charge is -2.26. The lowest BCUT2D eigenvalue weighted by atomic mass is 9.95. The van der Waals surface area contributed by atoms with Crippen molar-refractivity contribution in [1.82, 2.24) is 0 Å². The Morgan fingerprint density at radius 1 is 0.778 bits per heavy atom. The molecule has 3 rings (SSSR count). The second-order valence-electron chi connectivity index (χ2n) is 8.55. The molecule has 0 saturated heterocycles. The summed E-state index contributed by atoms with van der Waals surface area (Å²) in [5, 5.41) is 15.0. The number of aryl methyl sites for hydroxylation is 1. The predicted molar refractivity (Wildman–Crippen MR) is 140 cm³/mol. The lowest BCUT2D eigenvalue weighted by molar-refractivity contribution is -0.134. The van der Waals surface area contributed by atoms with Crippen molar-refractivity contribution in [3.63, 3.8) is 0 Å². The number of para-hydroxylation sites is 1. The van der Waals surface area contributed by atoms with Crippen molar-refractivity contribution < 1.29 is 24.2 Å². The third-order valence-corrected chi connectivity index (χ3v) is 5.67. The van der Waals surface area contributed by atoms with Gasteiger partial charge in [-0.25, -0.2) is 4.79 Å². The largest absolute Gasteiger partial charge is 0.508 e. The van der Waals surface area contributed by atoms with Gasteiger partial charge in [0.2, 0.25) is 11.8 Å². The Bertz CT molecular complexity index is 1140. The van der Waals surface area contributed by atoms with Gasteiger partial charge in [-0.15, -0.1) is 0 Å². The van der Waals surface area contributed by atoms with Gasteiger partial charge in [0, 0.05) is 11.4 Å². The number of phenols is 1. The van der Waals surface area contributed by atoms with Gasteiger partial charge in [0.1, 0.15) is 11.9 Å². The van der Waals surface area contributed by atoms with E-state index < -0.39 is 29.8 Å². The first-order valence-corrected chi connectivity index (χ1v) is 12.2. The first-order valence-electron chi connectivity index (χ1n) is 12.2. The van der Waals surface area contributed by atoms with E-state index in [1.54, 1.807) is 36.4 Å². The Balaban J connectivity index is 1.85. The van der Waals surface area contributed by atoms with E-state index in [2.05, 4.69) is 17.6 Å². The second kappa shape index (κ2) is 13.1. The highest BCUT2D eigenvalue weighted by atomic mass is 16.5. The lowest BCUT2D eigenvalue weighted by Crippen LogP contribution is -2.44. The fraction of sp³-hybridized carbons (Fsp3) is 0.276. The quantitative estimate of drug-likeness (QED) is 0.186. The summed E-state index contributed by atoms with van der Waals surface area (Å²) in [6.07, 6.45) is 1.83. The molecule has 0 saturated carbocycles. The highest BCUT2D eigenvalue weighted by Gasteiger charge is 2.37. The van der Waals surface area contributed by atoms with Crippen molar-refractivity contribution in [3.05, 3.63) is 90.0 Å². The van der Waals surface area contributed by atoms with Crippen LogP contribution in [0.3, 0.4) is 0 Å². The predicted octanol–water partition coefficient (Wildman–Crippen LogP) is 5.56. The molecule has 0 aliphatic heterocycles. The monoisotopic (exact) mass is 488 g/mol. The van der Waals surface area contributed by atoms with E-state index in [1.165, 1.54) is 24.3 Å². The molecule has 0 radical (unpaired) electrons. The second-order valence-corrected chi connectivity index (χ2v) is 8.55. The minimum Gasteiger partial charge on any atom is -0.508 e. The summed E-state index contributed by atoms with van der Waals surface area (Å²) in [7, 11) is 0. The number of hydrogen-bond donors (Lipinski definition) is 3. The summed E-state index contributed by atoms with van der Waals surface area (Å²) < 4.78 is 5.78. The van der Waals surface area contributed by atoms with Gasteiger partial charge in [-0.1, -0.05) is 57.0 Å². The number of benzene rings is 3. The van der Waals surface area contributed by atoms with Crippen LogP contribution in [0.2, 0.25) is 0 Å². The molecule has 0 aromatic heterocycles. The Morgan fingerprint density at radius 3 is 1.92 bits per heavy atom. The minimum atomic E-state index is -1.30. The van der Waals surface area contributed by atoms with Crippen LogP contribution in [0, 0.1) is 5.92 Å². The number of amides is 2. The maximum Gasteiger partial charge on any atom is 0.338 e. The molecule has 2 amide bonds. The van der Waals surface area contributed by atoms with Gasteiger partial charge in [-0.3, -0.25) is 9.59 Å². The summed E-state index contributed by atoms with van der Waals surface area (Å²) in [5.74, 6) is -3.04. The molecule has 0 spiro atoms. The molecule has 0 aliphatic rings.